The highest BCUT2D eigenvalue weighted by Gasteiger charge is 2.48. The number of rotatable bonds is 3. The molecule has 0 saturated carbocycles. The molecule has 6 rings (SSSR count). The predicted octanol–water partition coefficient (Wildman–Crippen LogP) is 5.62. The lowest BCUT2D eigenvalue weighted by Crippen LogP contribution is -2.44. The molecule has 0 N–H and O–H groups in total. The van der Waals surface area contributed by atoms with Crippen molar-refractivity contribution in [2.75, 3.05) is 7.05 Å². The largest absolute Gasteiger partial charge is 0.339 e. The second-order valence-corrected chi connectivity index (χ2v) is 8.76. The lowest BCUT2D eigenvalue weighted by molar-refractivity contribution is 0.120. The number of piperidine rings is 1. The smallest absolute Gasteiger partial charge is 0.232 e. The van der Waals surface area contributed by atoms with Crippen LogP contribution in [-0.2, 0) is 0 Å². The van der Waals surface area contributed by atoms with Gasteiger partial charge in [-0.15, -0.1) is 0 Å². The molecule has 2 fully saturated rings. The summed E-state index contributed by atoms with van der Waals surface area (Å²) in [5, 5.41) is 6.93. The molecule has 3 aromatic carbocycles. The van der Waals surface area contributed by atoms with E-state index in [1.54, 1.807) is 0 Å². The third-order valence-electron chi connectivity index (χ3n) is 7.23. The summed E-state index contributed by atoms with van der Waals surface area (Å²) < 4.78 is 5.91. The van der Waals surface area contributed by atoms with Gasteiger partial charge in [-0.05, 0) is 48.6 Å². The van der Waals surface area contributed by atoms with Crippen molar-refractivity contribution < 1.29 is 4.52 Å². The number of likely N-dealkylation sites (N-methyl/N-ethyl adjacent to an activating group) is 1. The lowest BCUT2D eigenvalue weighted by Gasteiger charge is -2.41. The Bertz CT molecular complexity index is 1190. The van der Waals surface area contributed by atoms with Crippen molar-refractivity contribution in [3.8, 4) is 11.4 Å². The van der Waals surface area contributed by atoms with Gasteiger partial charge in [0.2, 0.25) is 11.7 Å². The van der Waals surface area contributed by atoms with Gasteiger partial charge in [0.05, 0.1) is 5.92 Å². The molecule has 2 aliphatic heterocycles. The molecule has 2 aliphatic rings. The quantitative estimate of drug-likeness (QED) is 0.451. The van der Waals surface area contributed by atoms with Crippen LogP contribution >= 0.6 is 0 Å². The minimum Gasteiger partial charge on any atom is -0.339 e. The van der Waals surface area contributed by atoms with Crippen LogP contribution in [0.5, 0.6) is 0 Å². The molecule has 4 aromatic rings. The van der Waals surface area contributed by atoms with Crippen molar-refractivity contribution in [1.29, 1.82) is 0 Å². The molecule has 4 atom stereocenters. The van der Waals surface area contributed by atoms with Crippen LogP contribution < -0.4 is 0 Å². The molecule has 1 aromatic heterocycles. The molecule has 3 heterocycles. The van der Waals surface area contributed by atoms with Crippen LogP contribution in [0.2, 0.25) is 0 Å². The second-order valence-electron chi connectivity index (χ2n) is 8.76. The van der Waals surface area contributed by atoms with Gasteiger partial charge in [0, 0.05) is 17.6 Å². The summed E-state index contributed by atoms with van der Waals surface area (Å²) in [7, 11) is 2.26. The highest BCUT2D eigenvalue weighted by atomic mass is 16.5. The SMILES string of the molecule is CN1[C@H]2CC[C@H]1[C@H](c1nc(-c3ccccc3)no1)[C@@H](c1ccc3ccccc3c1)C2. The van der Waals surface area contributed by atoms with Gasteiger partial charge < -0.3 is 4.52 Å². The van der Waals surface area contributed by atoms with Gasteiger partial charge in [-0.25, -0.2) is 0 Å². The summed E-state index contributed by atoms with van der Waals surface area (Å²) in [5.41, 5.74) is 2.39. The van der Waals surface area contributed by atoms with Crippen molar-refractivity contribution in [2.45, 2.75) is 43.2 Å². The van der Waals surface area contributed by atoms with E-state index < -0.39 is 0 Å². The number of nitrogens with zero attached hydrogens (tertiary/aromatic N) is 3. The normalized spacial score (nSPS) is 26.3. The number of hydrogen-bond donors (Lipinski definition) is 0. The summed E-state index contributed by atoms with van der Waals surface area (Å²) in [4.78, 5) is 7.44. The van der Waals surface area contributed by atoms with Gasteiger partial charge in [0.15, 0.2) is 0 Å². The van der Waals surface area contributed by atoms with E-state index in [0.29, 0.717) is 23.8 Å². The van der Waals surface area contributed by atoms with Gasteiger partial charge in [0.1, 0.15) is 0 Å². The van der Waals surface area contributed by atoms with Crippen LogP contribution in [0.15, 0.2) is 77.3 Å². The van der Waals surface area contributed by atoms with Gasteiger partial charge in [-0.1, -0.05) is 78.0 Å². The Labute approximate surface area is 176 Å². The Morgan fingerprint density at radius 2 is 1.70 bits per heavy atom. The molecule has 150 valence electrons. The molecule has 4 nitrogen and oxygen atoms in total. The van der Waals surface area contributed by atoms with E-state index in [-0.39, 0.29) is 5.92 Å². The molecule has 0 spiro atoms. The first-order valence-electron chi connectivity index (χ1n) is 10.9. The molecule has 0 amide bonds. The van der Waals surface area contributed by atoms with Crippen LogP contribution in [0.25, 0.3) is 22.2 Å². The molecule has 4 heteroatoms. The van der Waals surface area contributed by atoms with Gasteiger partial charge >= 0.3 is 0 Å². The summed E-state index contributed by atoms with van der Waals surface area (Å²) in [6, 6.07) is 26.7. The van der Waals surface area contributed by atoms with Crippen molar-refractivity contribution in [1.82, 2.24) is 15.0 Å². The number of benzene rings is 3. The van der Waals surface area contributed by atoms with Crippen molar-refractivity contribution in [3.63, 3.8) is 0 Å². The zero-order valence-corrected chi connectivity index (χ0v) is 17.1. The van der Waals surface area contributed by atoms with Crippen LogP contribution in [0.3, 0.4) is 0 Å². The number of fused-ring (bicyclic) bond motifs is 3. The first kappa shape index (κ1) is 17.8. The Morgan fingerprint density at radius 3 is 2.57 bits per heavy atom. The summed E-state index contributed by atoms with van der Waals surface area (Å²) in [6.45, 7) is 0. The second kappa shape index (κ2) is 7.06. The van der Waals surface area contributed by atoms with Crippen LogP contribution in [0.1, 0.15) is 42.6 Å². The maximum Gasteiger partial charge on any atom is 0.232 e. The minimum atomic E-state index is 0.222. The molecule has 2 bridgehead atoms. The fraction of sp³-hybridized carbons (Fsp3) is 0.308. The molecule has 0 aliphatic carbocycles. The first-order valence-corrected chi connectivity index (χ1v) is 10.9. The lowest BCUT2D eigenvalue weighted by atomic mass is 9.75. The summed E-state index contributed by atoms with van der Waals surface area (Å²) in [6.07, 6.45) is 3.58. The molecule has 2 saturated heterocycles. The monoisotopic (exact) mass is 395 g/mol. The zero-order valence-electron chi connectivity index (χ0n) is 17.1. The van der Waals surface area contributed by atoms with Crippen molar-refractivity contribution in [2.24, 2.45) is 0 Å². The molecular weight excluding hydrogens is 370 g/mol. The van der Waals surface area contributed by atoms with E-state index in [4.69, 9.17) is 9.51 Å². The third kappa shape index (κ3) is 2.86. The highest BCUT2D eigenvalue weighted by molar-refractivity contribution is 5.83. The molecule has 0 unspecified atom stereocenters. The first-order chi connectivity index (χ1) is 14.8. The van der Waals surface area contributed by atoms with E-state index in [1.165, 1.54) is 29.2 Å². The van der Waals surface area contributed by atoms with E-state index in [2.05, 4.69) is 59.6 Å². The maximum absolute atomic E-state index is 5.91. The zero-order chi connectivity index (χ0) is 20.1. The third-order valence-corrected chi connectivity index (χ3v) is 7.23. The molecule has 0 radical (unpaired) electrons. The Kier molecular flexibility index (Phi) is 4.20. The number of aromatic nitrogens is 2. The molecular formula is C26H25N3O. The van der Waals surface area contributed by atoms with Crippen molar-refractivity contribution in [3.05, 3.63) is 84.3 Å². The summed E-state index contributed by atoms with van der Waals surface area (Å²) >= 11 is 0. The average molecular weight is 396 g/mol. The summed E-state index contributed by atoms with van der Waals surface area (Å²) in [5.74, 6) is 2.09. The minimum absolute atomic E-state index is 0.222. The standard InChI is InChI=1S/C26H25N3O/c1-29-21-13-14-23(29)24(26-27-25(28-30-26)18-8-3-2-4-9-18)22(16-21)20-12-11-17-7-5-6-10-19(17)15-20/h2-12,15,21-24H,13-14,16H2,1H3/t21-,22+,23-,24+/m0/s1. The van der Waals surface area contributed by atoms with Gasteiger partial charge in [0.25, 0.3) is 0 Å². The van der Waals surface area contributed by atoms with Gasteiger partial charge in [-0.2, -0.15) is 4.98 Å². The van der Waals surface area contributed by atoms with E-state index in [0.717, 1.165) is 17.9 Å². The van der Waals surface area contributed by atoms with Crippen LogP contribution in [0.4, 0.5) is 0 Å². The Balaban J connectivity index is 1.43. The number of hydrogen-bond acceptors (Lipinski definition) is 4. The van der Waals surface area contributed by atoms with E-state index in [1.807, 2.05) is 30.3 Å². The fourth-order valence-corrected chi connectivity index (χ4v) is 5.66. The van der Waals surface area contributed by atoms with E-state index in [9.17, 15) is 0 Å². The predicted molar refractivity (Wildman–Crippen MR) is 118 cm³/mol. The van der Waals surface area contributed by atoms with Crippen molar-refractivity contribution >= 4 is 10.8 Å². The average Bonchev–Trinajstić information content (AvgIpc) is 3.36. The van der Waals surface area contributed by atoms with Crippen LogP contribution in [0, 0.1) is 0 Å². The Hall–Kier alpha value is -2.98. The fourth-order valence-electron chi connectivity index (χ4n) is 5.66. The maximum atomic E-state index is 5.91. The van der Waals surface area contributed by atoms with Crippen LogP contribution in [-0.4, -0.2) is 34.2 Å². The highest BCUT2D eigenvalue weighted by Crippen LogP contribution is 2.50. The topological polar surface area (TPSA) is 42.2 Å². The molecule has 30 heavy (non-hydrogen) atoms. The van der Waals surface area contributed by atoms with E-state index >= 15 is 0 Å². The Morgan fingerprint density at radius 1 is 0.900 bits per heavy atom. The van der Waals surface area contributed by atoms with Gasteiger partial charge in [-0.3, -0.25) is 4.90 Å².